The molecule has 0 atom stereocenters. The van der Waals surface area contributed by atoms with Gasteiger partial charge in [0.2, 0.25) is 0 Å². The van der Waals surface area contributed by atoms with Crippen molar-refractivity contribution in [2.24, 2.45) is 5.84 Å². The Labute approximate surface area is 52.6 Å². The molecule has 0 bridgehead atoms. The van der Waals surface area contributed by atoms with Crippen LogP contribution in [0.4, 0.5) is 5.95 Å². The van der Waals surface area contributed by atoms with Crippen LogP contribution in [0.15, 0.2) is 0 Å². The second kappa shape index (κ2) is 2.45. The molecule has 1 aromatic rings. The molecule has 0 amide bonds. The van der Waals surface area contributed by atoms with E-state index in [0.717, 1.165) is 12.2 Å². The highest BCUT2D eigenvalue weighted by Gasteiger charge is 1.95. The van der Waals surface area contributed by atoms with Gasteiger partial charge in [-0.3, -0.25) is 10.5 Å². The predicted molar refractivity (Wildman–Crippen MR) is 33.6 cm³/mol. The minimum atomic E-state index is 0.437. The molecule has 0 radical (unpaired) electrons. The van der Waals surface area contributed by atoms with E-state index >= 15 is 0 Å². The molecule has 0 aliphatic rings. The number of hydrazine groups is 1. The van der Waals surface area contributed by atoms with Crippen molar-refractivity contribution in [3.63, 3.8) is 0 Å². The molecule has 1 heterocycles. The zero-order valence-electron chi connectivity index (χ0n) is 5.18. The van der Waals surface area contributed by atoms with Gasteiger partial charge in [-0.25, -0.2) is 5.84 Å². The summed E-state index contributed by atoms with van der Waals surface area (Å²) in [5.41, 5.74) is 2.33. The molecular weight excluding hydrogens is 118 g/mol. The van der Waals surface area contributed by atoms with Crippen LogP contribution in [0.1, 0.15) is 12.7 Å². The van der Waals surface area contributed by atoms with Crippen molar-refractivity contribution in [2.45, 2.75) is 13.3 Å². The lowest BCUT2D eigenvalue weighted by atomic mass is 10.5. The monoisotopic (exact) mass is 127 g/mol. The third kappa shape index (κ3) is 1.17. The zero-order chi connectivity index (χ0) is 6.69. The van der Waals surface area contributed by atoms with E-state index in [9.17, 15) is 0 Å². The fourth-order valence-corrected chi connectivity index (χ4v) is 0.518. The number of aromatic nitrogens is 3. The average Bonchev–Trinajstić information content (AvgIpc) is 2.34. The van der Waals surface area contributed by atoms with Crippen molar-refractivity contribution in [1.82, 2.24) is 15.2 Å². The molecule has 0 fully saturated rings. The van der Waals surface area contributed by atoms with Gasteiger partial charge in [0.15, 0.2) is 0 Å². The molecule has 5 heteroatoms. The largest absolute Gasteiger partial charge is 0.291 e. The van der Waals surface area contributed by atoms with Crippen LogP contribution in [0.2, 0.25) is 0 Å². The number of nitrogens with two attached hydrogens (primary N) is 1. The van der Waals surface area contributed by atoms with E-state index in [1.165, 1.54) is 0 Å². The van der Waals surface area contributed by atoms with Crippen molar-refractivity contribution in [3.8, 4) is 0 Å². The fourth-order valence-electron chi connectivity index (χ4n) is 0.518. The van der Waals surface area contributed by atoms with E-state index in [-0.39, 0.29) is 0 Å². The molecule has 0 aliphatic heterocycles. The van der Waals surface area contributed by atoms with Crippen molar-refractivity contribution in [2.75, 3.05) is 5.43 Å². The Morgan fingerprint density at radius 2 is 2.56 bits per heavy atom. The van der Waals surface area contributed by atoms with Gasteiger partial charge < -0.3 is 0 Å². The Kier molecular flexibility index (Phi) is 1.64. The highest BCUT2D eigenvalue weighted by atomic mass is 15.4. The van der Waals surface area contributed by atoms with Crippen LogP contribution < -0.4 is 11.3 Å². The summed E-state index contributed by atoms with van der Waals surface area (Å²) in [6.07, 6.45) is 0.842. The number of nitrogens with zero attached hydrogens (tertiary/aromatic N) is 2. The lowest BCUT2D eigenvalue weighted by molar-refractivity contribution is 0.946. The van der Waals surface area contributed by atoms with Gasteiger partial charge in [0.25, 0.3) is 5.95 Å². The van der Waals surface area contributed by atoms with Gasteiger partial charge in [-0.15, -0.1) is 5.10 Å². The van der Waals surface area contributed by atoms with Crippen LogP contribution in [0, 0.1) is 0 Å². The van der Waals surface area contributed by atoms with Gasteiger partial charge in [-0.2, -0.15) is 4.98 Å². The molecule has 0 aliphatic carbocycles. The number of hydrogen-bond donors (Lipinski definition) is 3. The van der Waals surface area contributed by atoms with E-state index < -0.39 is 0 Å². The van der Waals surface area contributed by atoms with Gasteiger partial charge >= 0.3 is 0 Å². The summed E-state index contributed by atoms with van der Waals surface area (Å²) in [5.74, 6) is 6.30. The number of aromatic amines is 1. The van der Waals surface area contributed by atoms with E-state index in [0.29, 0.717) is 5.95 Å². The number of H-pyrrole nitrogens is 1. The second-order valence-corrected chi connectivity index (χ2v) is 1.60. The molecule has 5 nitrogen and oxygen atoms in total. The average molecular weight is 127 g/mol. The first-order valence-electron chi connectivity index (χ1n) is 2.74. The zero-order valence-corrected chi connectivity index (χ0v) is 5.18. The topological polar surface area (TPSA) is 79.6 Å². The fraction of sp³-hybridized carbons (Fsp3) is 0.500. The van der Waals surface area contributed by atoms with Gasteiger partial charge in [-0.05, 0) is 0 Å². The van der Waals surface area contributed by atoms with Crippen LogP contribution in [0.25, 0.3) is 0 Å². The van der Waals surface area contributed by atoms with Crippen molar-refractivity contribution in [3.05, 3.63) is 5.82 Å². The number of aryl methyl sites for hydroxylation is 1. The lowest BCUT2D eigenvalue weighted by Crippen LogP contribution is -2.08. The highest BCUT2D eigenvalue weighted by Crippen LogP contribution is 1.94. The first-order valence-corrected chi connectivity index (χ1v) is 2.74. The maximum atomic E-state index is 5.02. The Balaban J connectivity index is 2.74. The SMILES string of the molecule is CCc1nc(NN)n[nH]1. The first-order chi connectivity index (χ1) is 4.36. The van der Waals surface area contributed by atoms with E-state index in [1.807, 2.05) is 6.92 Å². The molecule has 4 N–H and O–H groups in total. The number of rotatable bonds is 2. The Hall–Kier alpha value is -1.10. The van der Waals surface area contributed by atoms with Crippen molar-refractivity contribution in [1.29, 1.82) is 0 Å². The van der Waals surface area contributed by atoms with Crippen LogP contribution in [0.5, 0.6) is 0 Å². The minimum Gasteiger partial charge on any atom is -0.291 e. The summed E-state index contributed by atoms with van der Waals surface area (Å²) in [6, 6.07) is 0. The summed E-state index contributed by atoms with van der Waals surface area (Å²) in [4.78, 5) is 3.94. The molecule has 0 unspecified atom stereocenters. The molecule has 50 valence electrons. The summed E-state index contributed by atoms with van der Waals surface area (Å²) >= 11 is 0. The van der Waals surface area contributed by atoms with Crippen molar-refractivity contribution >= 4 is 5.95 Å². The molecule has 0 saturated heterocycles. The molecule has 0 aromatic carbocycles. The quantitative estimate of drug-likeness (QED) is 0.375. The van der Waals surface area contributed by atoms with Crippen LogP contribution in [-0.2, 0) is 6.42 Å². The Morgan fingerprint density at radius 3 is 2.89 bits per heavy atom. The minimum absolute atomic E-state index is 0.437. The number of nitrogens with one attached hydrogen (secondary N) is 2. The van der Waals surface area contributed by atoms with E-state index in [2.05, 4.69) is 20.6 Å². The van der Waals surface area contributed by atoms with Crippen molar-refractivity contribution < 1.29 is 0 Å². The summed E-state index contributed by atoms with van der Waals surface area (Å²) in [5, 5.41) is 6.44. The van der Waals surface area contributed by atoms with E-state index in [1.54, 1.807) is 0 Å². The number of hydrogen-bond acceptors (Lipinski definition) is 4. The Morgan fingerprint density at radius 1 is 1.78 bits per heavy atom. The smallest absolute Gasteiger partial charge is 0.256 e. The van der Waals surface area contributed by atoms with E-state index in [4.69, 9.17) is 5.84 Å². The number of nitrogen functional groups attached to an aromatic ring is 1. The first kappa shape index (κ1) is 6.03. The molecular formula is C4H9N5. The number of anilines is 1. The van der Waals surface area contributed by atoms with Gasteiger partial charge in [-0.1, -0.05) is 6.92 Å². The molecule has 1 aromatic heterocycles. The van der Waals surface area contributed by atoms with Crippen LogP contribution in [0.3, 0.4) is 0 Å². The Bertz CT molecular complexity index is 162. The normalized spacial score (nSPS) is 9.56. The highest BCUT2D eigenvalue weighted by molar-refractivity contribution is 5.19. The molecule has 0 saturated carbocycles. The third-order valence-electron chi connectivity index (χ3n) is 0.996. The molecule has 0 spiro atoms. The van der Waals surface area contributed by atoms with Crippen LogP contribution in [-0.4, -0.2) is 15.2 Å². The summed E-state index contributed by atoms with van der Waals surface area (Å²) < 4.78 is 0. The maximum Gasteiger partial charge on any atom is 0.256 e. The van der Waals surface area contributed by atoms with Gasteiger partial charge in [0, 0.05) is 6.42 Å². The lowest BCUT2D eigenvalue weighted by Gasteiger charge is -1.84. The van der Waals surface area contributed by atoms with Gasteiger partial charge in [0.05, 0.1) is 0 Å². The van der Waals surface area contributed by atoms with Crippen LogP contribution >= 0.6 is 0 Å². The maximum absolute atomic E-state index is 5.02. The standard InChI is InChI=1S/C4H9N5/c1-2-3-6-4(7-5)9-8-3/h2,5H2,1H3,(H2,6,7,8,9). The summed E-state index contributed by atoms with van der Waals surface area (Å²) in [6.45, 7) is 1.99. The molecule has 9 heavy (non-hydrogen) atoms. The second-order valence-electron chi connectivity index (χ2n) is 1.60. The van der Waals surface area contributed by atoms with Gasteiger partial charge in [0.1, 0.15) is 5.82 Å². The third-order valence-corrected chi connectivity index (χ3v) is 0.996. The summed E-state index contributed by atoms with van der Waals surface area (Å²) in [7, 11) is 0. The molecule has 1 rings (SSSR count). The predicted octanol–water partition coefficient (Wildman–Crippen LogP) is -0.347.